The Morgan fingerprint density at radius 3 is 1.66 bits per heavy atom. The van der Waals surface area contributed by atoms with E-state index in [2.05, 4.69) is 65.8 Å². The molecule has 0 amide bonds. The Hall–Kier alpha value is -4.17. The van der Waals surface area contributed by atoms with Crippen LogP contribution in [0, 0.1) is 22.2 Å². The van der Waals surface area contributed by atoms with E-state index in [0.717, 1.165) is 39.1 Å². The summed E-state index contributed by atoms with van der Waals surface area (Å²) in [6, 6.07) is 17.5. The highest BCUT2D eigenvalue weighted by Gasteiger charge is 2.34. The van der Waals surface area contributed by atoms with Crippen LogP contribution in [0.4, 0.5) is 5.69 Å². The van der Waals surface area contributed by atoms with Gasteiger partial charge in [-0.15, -0.1) is 0 Å². The predicted octanol–water partition coefficient (Wildman–Crippen LogP) is 7.07. The van der Waals surface area contributed by atoms with Crippen LogP contribution >= 0.6 is 0 Å². The summed E-state index contributed by atoms with van der Waals surface area (Å²) in [5.41, 5.74) is 6.07. The van der Waals surface area contributed by atoms with E-state index in [1.54, 1.807) is 18.2 Å². The Balaban J connectivity index is 2.33. The van der Waals surface area contributed by atoms with Crippen molar-refractivity contribution < 1.29 is 14.7 Å². The Morgan fingerprint density at radius 1 is 0.842 bits per heavy atom. The number of hydrogen-bond acceptors (Lipinski definition) is 4. The second-order valence-corrected chi connectivity index (χ2v) is 11.8. The molecular weight excluding hydrogens is 472 g/mol. The molecule has 5 nitrogen and oxygen atoms in total. The van der Waals surface area contributed by atoms with Crippen molar-refractivity contribution in [2.75, 3.05) is 19.0 Å². The molecule has 0 saturated heterocycles. The third-order valence-corrected chi connectivity index (χ3v) is 6.53. The molecule has 1 N–H and O–H groups in total. The van der Waals surface area contributed by atoms with Gasteiger partial charge in [-0.2, -0.15) is 5.26 Å². The minimum atomic E-state index is -1.26. The van der Waals surface area contributed by atoms with Crippen LogP contribution in [0.1, 0.15) is 58.2 Å². The quantitative estimate of drug-likeness (QED) is 0.345. The molecular formula is C33H36N2O3. The molecule has 0 heterocycles. The van der Waals surface area contributed by atoms with Crippen LogP contribution in [-0.2, 0) is 9.59 Å². The summed E-state index contributed by atoms with van der Waals surface area (Å²) in [5.74, 6) is -1.18. The molecule has 2 aromatic carbocycles. The van der Waals surface area contributed by atoms with E-state index in [0.29, 0.717) is 5.56 Å². The van der Waals surface area contributed by atoms with E-state index in [9.17, 15) is 14.7 Å². The summed E-state index contributed by atoms with van der Waals surface area (Å²) in [7, 11) is 3.99. The number of carboxylic acid groups (broad SMARTS) is 1. The third kappa shape index (κ3) is 6.20. The van der Waals surface area contributed by atoms with Crippen LogP contribution in [0.5, 0.6) is 0 Å². The molecule has 0 unspecified atom stereocenters. The van der Waals surface area contributed by atoms with E-state index in [1.807, 2.05) is 43.3 Å². The monoisotopic (exact) mass is 508 g/mol. The summed E-state index contributed by atoms with van der Waals surface area (Å²) in [5, 5.41) is 18.4. The van der Waals surface area contributed by atoms with Gasteiger partial charge in [0.2, 0.25) is 0 Å². The van der Waals surface area contributed by atoms with Gasteiger partial charge in [-0.05, 0) is 69.0 Å². The van der Waals surface area contributed by atoms with E-state index in [4.69, 9.17) is 5.26 Å². The Kier molecular flexibility index (Phi) is 7.98. The molecule has 0 aromatic heterocycles. The number of Topliss-reactive ketones (excluding diaryl/α,β-unsaturated/α-hetero) is 1. The zero-order valence-corrected chi connectivity index (χ0v) is 23.5. The molecule has 0 radical (unpaired) electrons. The summed E-state index contributed by atoms with van der Waals surface area (Å²) in [4.78, 5) is 26.9. The first-order chi connectivity index (χ1) is 17.6. The second-order valence-electron chi connectivity index (χ2n) is 11.8. The molecule has 3 rings (SSSR count). The van der Waals surface area contributed by atoms with Crippen molar-refractivity contribution in [3.05, 3.63) is 99.7 Å². The summed E-state index contributed by atoms with van der Waals surface area (Å²) < 4.78 is 0. The average Bonchev–Trinajstić information content (AvgIpc) is 2.83. The molecule has 2 aromatic rings. The maximum absolute atomic E-state index is 13.6. The van der Waals surface area contributed by atoms with Crippen LogP contribution < -0.4 is 4.90 Å². The Bertz CT molecular complexity index is 1380. The zero-order valence-electron chi connectivity index (χ0n) is 23.5. The number of allylic oxidation sites excluding steroid dienone is 5. The van der Waals surface area contributed by atoms with Gasteiger partial charge < -0.3 is 10.0 Å². The van der Waals surface area contributed by atoms with Gasteiger partial charge in [-0.3, -0.25) is 4.79 Å². The molecule has 0 bridgehead atoms. The number of nitrogens with zero attached hydrogens (tertiary/aromatic N) is 2. The van der Waals surface area contributed by atoms with Gasteiger partial charge >= 0.3 is 5.97 Å². The molecule has 0 spiro atoms. The number of rotatable bonds is 5. The predicted molar refractivity (Wildman–Crippen MR) is 155 cm³/mol. The number of anilines is 1. The van der Waals surface area contributed by atoms with Crippen LogP contribution in [-0.4, -0.2) is 31.0 Å². The van der Waals surface area contributed by atoms with Crippen molar-refractivity contribution in [3.8, 4) is 6.07 Å². The van der Waals surface area contributed by atoms with E-state index >= 15 is 0 Å². The van der Waals surface area contributed by atoms with E-state index in [1.165, 1.54) is 6.08 Å². The van der Waals surface area contributed by atoms with Crippen molar-refractivity contribution in [3.63, 3.8) is 0 Å². The maximum Gasteiger partial charge on any atom is 0.346 e. The number of hydrogen-bond donors (Lipinski definition) is 1. The van der Waals surface area contributed by atoms with Gasteiger partial charge in [0.25, 0.3) is 0 Å². The van der Waals surface area contributed by atoms with Gasteiger partial charge in [0.05, 0.1) is 0 Å². The summed E-state index contributed by atoms with van der Waals surface area (Å²) in [6.07, 6.45) is 5.39. The average molecular weight is 509 g/mol. The molecule has 0 aliphatic heterocycles. The van der Waals surface area contributed by atoms with E-state index in [-0.39, 0.29) is 22.2 Å². The van der Waals surface area contributed by atoms with Gasteiger partial charge in [-0.1, -0.05) is 77.9 Å². The molecule has 38 heavy (non-hydrogen) atoms. The second kappa shape index (κ2) is 10.7. The summed E-state index contributed by atoms with van der Waals surface area (Å²) >= 11 is 0. The lowest BCUT2D eigenvalue weighted by atomic mass is 9.71. The molecule has 0 saturated carbocycles. The lowest BCUT2D eigenvalue weighted by Gasteiger charge is -2.32. The number of carboxylic acids is 1. The topological polar surface area (TPSA) is 81.4 Å². The van der Waals surface area contributed by atoms with Crippen molar-refractivity contribution in [1.82, 2.24) is 0 Å². The van der Waals surface area contributed by atoms with Crippen molar-refractivity contribution in [1.29, 1.82) is 5.26 Å². The largest absolute Gasteiger partial charge is 0.477 e. The standard InChI is InChI=1S/C33H36N2O3/c1-32(2,3)27-18-24(19-28(30(27)36)33(4,5)6)29(23-13-15-26(16-14-23)35(7)8)22-11-9-21(10-12-22)17-25(20-34)31(37)38/h9-19H,1-8H3,(H,37,38)/b25-17+. The third-order valence-electron chi connectivity index (χ3n) is 6.53. The molecule has 196 valence electrons. The lowest BCUT2D eigenvalue weighted by molar-refractivity contribution is -0.132. The van der Waals surface area contributed by atoms with Crippen LogP contribution in [0.15, 0.2) is 83.0 Å². The first kappa shape index (κ1) is 28.4. The minimum Gasteiger partial charge on any atom is -0.477 e. The highest BCUT2D eigenvalue weighted by atomic mass is 16.4. The fourth-order valence-electron chi connectivity index (χ4n) is 4.37. The van der Waals surface area contributed by atoms with Crippen molar-refractivity contribution >= 4 is 29.1 Å². The first-order valence-corrected chi connectivity index (χ1v) is 12.6. The first-order valence-electron chi connectivity index (χ1n) is 12.6. The van der Waals surface area contributed by atoms with Crippen LogP contribution in [0.3, 0.4) is 0 Å². The SMILES string of the molecule is CN(C)c1ccc(C(=C2C=C(C(C)(C)C)C(=O)C(C(C)(C)C)=C2)c2ccc(/C=C(\C#N)C(=O)O)cc2)cc1. The van der Waals surface area contributed by atoms with Crippen LogP contribution in [0.2, 0.25) is 0 Å². The lowest BCUT2D eigenvalue weighted by Crippen LogP contribution is -2.28. The Labute approximate surface area is 226 Å². The molecule has 5 heteroatoms. The smallest absolute Gasteiger partial charge is 0.346 e. The van der Waals surface area contributed by atoms with Gasteiger partial charge in [-0.25, -0.2) is 4.79 Å². The minimum absolute atomic E-state index is 0.0780. The fraction of sp³-hybridized carbons (Fsp3) is 0.303. The van der Waals surface area contributed by atoms with Crippen LogP contribution in [0.25, 0.3) is 11.6 Å². The number of aliphatic carboxylic acids is 1. The van der Waals surface area contributed by atoms with Crippen molar-refractivity contribution in [2.24, 2.45) is 10.8 Å². The number of carbonyl (C=O) groups is 2. The number of carbonyl (C=O) groups excluding carboxylic acids is 1. The van der Waals surface area contributed by atoms with Gasteiger partial charge in [0, 0.05) is 30.9 Å². The molecule has 0 fully saturated rings. The molecule has 0 atom stereocenters. The van der Waals surface area contributed by atoms with Crippen molar-refractivity contribution in [2.45, 2.75) is 41.5 Å². The summed E-state index contributed by atoms with van der Waals surface area (Å²) in [6.45, 7) is 12.3. The number of benzene rings is 2. The molecule has 1 aliphatic carbocycles. The van der Waals surface area contributed by atoms with E-state index < -0.39 is 5.97 Å². The highest BCUT2D eigenvalue weighted by molar-refractivity contribution is 6.12. The highest BCUT2D eigenvalue weighted by Crippen LogP contribution is 2.42. The fourth-order valence-corrected chi connectivity index (χ4v) is 4.37. The number of nitriles is 1. The normalized spacial score (nSPS) is 14.4. The van der Waals surface area contributed by atoms with Gasteiger partial charge in [0.15, 0.2) is 5.78 Å². The Morgan fingerprint density at radius 2 is 1.29 bits per heavy atom. The van der Waals surface area contributed by atoms with Gasteiger partial charge in [0.1, 0.15) is 11.6 Å². The molecule has 1 aliphatic rings. The zero-order chi connectivity index (χ0) is 28.4. The number of ketones is 1. The maximum atomic E-state index is 13.6.